The third-order valence-electron chi connectivity index (χ3n) is 1.79. The normalized spacial score (nSPS) is 9.31. The van der Waals surface area contributed by atoms with E-state index in [1.165, 1.54) is 25.1 Å². The van der Waals surface area contributed by atoms with Gasteiger partial charge in [0.15, 0.2) is 0 Å². The van der Waals surface area contributed by atoms with Gasteiger partial charge in [-0.25, -0.2) is 0 Å². The number of hydrogen-bond acceptors (Lipinski definition) is 0. The maximum Gasteiger partial charge on any atom is 0.0853 e. The van der Waals surface area contributed by atoms with Crippen molar-refractivity contribution in [1.82, 2.24) is 0 Å². The van der Waals surface area contributed by atoms with Gasteiger partial charge in [0.2, 0.25) is 0 Å². The van der Waals surface area contributed by atoms with Crippen molar-refractivity contribution in [2.45, 2.75) is 6.42 Å². The SMILES string of the molecule is BrCC[NH2+]CCc1ccccc1.[Cl-]. The minimum absolute atomic E-state index is 0. The van der Waals surface area contributed by atoms with Gasteiger partial charge in [0.1, 0.15) is 0 Å². The van der Waals surface area contributed by atoms with E-state index in [2.05, 4.69) is 51.6 Å². The average molecular weight is 265 g/mol. The van der Waals surface area contributed by atoms with Crippen LogP contribution in [0.15, 0.2) is 30.3 Å². The molecule has 0 aliphatic carbocycles. The van der Waals surface area contributed by atoms with Crippen LogP contribution in [0.2, 0.25) is 0 Å². The summed E-state index contributed by atoms with van der Waals surface area (Å²) < 4.78 is 0. The number of quaternary nitrogens is 1. The summed E-state index contributed by atoms with van der Waals surface area (Å²) in [4.78, 5) is 0. The lowest BCUT2D eigenvalue weighted by atomic mass is 10.1. The number of halogens is 2. The Morgan fingerprint density at radius 2 is 1.77 bits per heavy atom. The van der Waals surface area contributed by atoms with E-state index in [9.17, 15) is 0 Å². The maximum atomic E-state index is 3.40. The fraction of sp³-hybridized carbons (Fsp3) is 0.400. The molecule has 0 amide bonds. The zero-order valence-electron chi connectivity index (χ0n) is 7.55. The van der Waals surface area contributed by atoms with Crippen LogP contribution in [-0.2, 0) is 6.42 Å². The number of benzene rings is 1. The van der Waals surface area contributed by atoms with Gasteiger partial charge in [0.05, 0.1) is 18.4 Å². The Hall–Kier alpha value is -0.0500. The standard InChI is InChI=1S/C10H14BrN.ClH/c11-7-9-12-8-6-10-4-2-1-3-5-10;/h1-5,12H,6-9H2;1H. The van der Waals surface area contributed by atoms with Gasteiger partial charge < -0.3 is 17.7 Å². The summed E-state index contributed by atoms with van der Waals surface area (Å²) in [7, 11) is 0. The van der Waals surface area contributed by atoms with E-state index < -0.39 is 0 Å². The fourth-order valence-electron chi connectivity index (χ4n) is 1.13. The van der Waals surface area contributed by atoms with Gasteiger partial charge in [-0.3, -0.25) is 0 Å². The molecule has 13 heavy (non-hydrogen) atoms. The molecule has 0 aliphatic rings. The lowest BCUT2D eigenvalue weighted by molar-refractivity contribution is -0.650. The Kier molecular flexibility index (Phi) is 8.51. The van der Waals surface area contributed by atoms with Crippen LogP contribution in [0.5, 0.6) is 0 Å². The van der Waals surface area contributed by atoms with Crippen LogP contribution in [0.1, 0.15) is 5.56 Å². The molecule has 0 fully saturated rings. The zero-order chi connectivity index (χ0) is 8.65. The Morgan fingerprint density at radius 1 is 1.08 bits per heavy atom. The molecule has 0 heterocycles. The van der Waals surface area contributed by atoms with Gasteiger partial charge in [-0.2, -0.15) is 0 Å². The second-order valence-electron chi connectivity index (χ2n) is 2.79. The minimum atomic E-state index is 0. The van der Waals surface area contributed by atoms with Crippen LogP contribution in [0.4, 0.5) is 0 Å². The first-order valence-electron chi connectivity index (χ1n) is 4.35. The molecule has 1 aromatic rings. The predicted octanol–water partition coefficient (Wildman–Crippen LogP) is -1.81. The summed E-state index contributed by atoms with van der Waals surface area (Å²) in [6.07, 6.45) is 1.17. The summed E-state index contributed by atoms with van der Waals surface area (Å²) in [6.45, 7) is 2.36. The summed E-state index contributed by atoms with van der Waals surface area (Å²) in [5.74, 6) is 0. The fourth-order valence-corrected chi connectivity index (χ4v) is 1.46. The van der Waals surface area contributed by atoms with Crippen molar-refractivity contribution in [3.8, 4) is 0 Å². The minimum Gasteiger partial charge on any atom is -1.00 e. The van der Waals surface area contributed by atoms with Crippen LogP contribution in [0.3, 0.4) is 0 Å². The Balaban J connectivity index is 0.00000144. The van der Waals surface area contributed by atoms with E-state index >= 15 is 0 Å². The molecule has 0 radical (unpaired) electrons. The van der Waals surface area contributed by atoms with Crippen molar-refractivity contribution < 1.29 is 17.7 Å². The Labute approximate surface area is 94.5 Å². The molecule has 0 aromatic heterocycles. The molecule has 1 rings (SSSR count). The molecule has 1 aromatic carbocycles. The number of hydrogen-bond donors (Lipinski definition) is 1. The molecule has 0 saturated carbocycles. The van der Waals surface area contributed by atoms with Gasteiger partial charge in [-0.15, -0.1) is 0 Å². The van der Waals surface area contributed by atoms with Crippen molar-refractivity contribution in [1.29, 1.82) is 0 Å². The van der Waals surface area contributed by atoms with Gasteiger partial charge >= 0.3 is 0 Å². The van der Waals surface area contributed by atoms with Crippen LogP contribution in [0, 0.1) is 0 Å². The predicted molar refractivity (Wildman–Crippen MR) is 55.6 cm³/mol. The van der Waals surface area contributed by atoms with Crippen LogP contribution >= 0.6 is 15.9 Å². The van der Waals surface area contributed by atoms with Crippen molar-refractivity contribution in [3.05, 3.63) is 35.9 Å². The molecule has 74 valence electrons. The first-order chi connectivity index (χ1) is 5.93. The lowest BCUT2D eigenvalue weighted by Gasteiger charge is -1.99. The van der Waals surface area contributed by atoms with Crippen molar-refractivity contribution in [3.63, 3.8) is 0 Å². The van der Waals surface area contributed by atoms with Crippen molar-refractivity contribution >= 4 is 15.9 Å². The molecule has 0 unspecified atom stereocenters. The first-order valence-corrected chi connectivity index (χ1v) is 5.47. The molecule has 0 saturated heterocycles. The number of nitrogens with two attached hydrogens (primary N) is 1. The molecule has 2 N–H and O–H groups in total. The largest absolute Gasteiger partial charge is 1.00 e. The summed E-state index contributed by atoms with van der Waals surface area (Å²) in [6, 6.07) is 10.6. The summed E-state index contributed by atoms with van der Waals surface area (Å²) >= 11 is 3.40. The highest BCUT2D eigenvalue weighted by Gasteiger charge is 1.92. The topological polar surface area (TPSA) is 16.6 Å². The molecule has 0 bridgehead atoms. The third kappa shape index (κ3) is 6.08. The molecule has 3 heteroatoms. The molecule has 0 spiro atoms. The van der Waals surface area contributed by atoms with Crippen molar-refractivity contribution in [2.24, 2.45) is 0 Å². The molecular formula is C10H15BrClN. The van der Waals surface area contributed by atoms with E-state index in [-0.39, 0.29) is 12.4 Å². The highest BCUT2D eigenvalue weighted by molar-refractivity contribution is 9.09. The van der Waals surface area contributed by atoms with Crippen LogP contribution < -0.4 is 17.7 Å². The summed E-state index contributed by atoms with van der Waals surface area (Å²) in [5.41, 5.74) is 1.43. The highest BCUT2D eigenvalue weighted by Crippen LogP contribution is 1.96. The zero-order valence-corrected chi connectivity index (χ0v) is 9.89. The van der Waals surface area contributed by atoms with Gasteiger partial charge in [-0.1, -0.05) is 46.3 Å². The van der Waals surface area contributed by atoms with E-state index in [0.29, 0.717) is 0 Å². The molecule has 0 aliphatic heterocycles. The Morgan fingerprint density at radius 3 is 2.38 bits per heavy atom. The van der Waals surface area contributed by atoms with E-state index in [1.54, 1.807) is 0 Å². The third-order valence-corrected chi connectivity index (χ3v) is 2.25. The number of rotatable bonds is 5. The van der Waals surface area contributed by atoms with E-state index in [4.69, 9.17) is 0 Å². The molecule has 1 nitrogen and oxygen atoms in total. The monoisotopic (exact) mass is 263 g/mol. The maximum absolute atomic E-state index is 3.40. The highest BCUT2D eigenvalue weighted by atomic mass is 79.9. The van der Waals surface area contributed by atoms with Gasteiger partial charge in [-0.05, 0) is 5.56 Å². The van der Waals surface area contributed by atoms with Gasteiger partial charge in [0.25, 0.3) is 0 Å². The second kappa shape index (κ2) is 8.54. The Bertz CT molecular complexity index is 203. The molecule has 0 atom stereocenters. The smallest absolute Gasteiger partial charge is 0.0853 e. The van der Waals surface area contributed by atoms with Crippen LogP contribution in [-0.4, -0.2) is 18.4 Å². The first kappa shape index (κ1) is 12.9. The quantitative estimate of drug-likeness (QED) is 0.477. The number of alkyl halides is 1. The second-order valence-corrected chi connectivity index (χ2v) is 3.58. The van der Waals surface area contributed by atoms with Crippen molar-refractivity contribution in [2.75, 3.05) is 18.4 Å². The molecular weight excluding hydrogens is 249 g/mol. The van der Waals surface area contributed by atoms with E-state index in [0.717, 1.165) is 5.33 Å². The summed E-state index contributed by atoms with van der Waals surface area (Å²) in [5, 5.41) is 3.42. The average Bonchev–Trinajstić information content (AvgIpc) is 2.14. The van der Waals surface area contributed by atoms with E-state index in [1.807, 2.05) is 0 Å². The van der Waals surface area contributed by atoms with Gasteiger partial charge in [0, 0.05) is 6.42 Å². The van der Waals surface area contributed by atoms with Crippen LogP contribution in [0.25, 0.3) is 0 Å². The lowest BCUT2D eigenvalue weighted by Crippen LogP contribution is -3.00.